The first-order chi connectivity index (χ1) is 6.16. The molecule has 1 nitrogen and oxygen atoms in total. The first kappa shape index (κ1) is 8.36. The number of rotatable bonds is 0. The molecule has 0 aromatic heterocycles. The van der Waals surface area contributed by atoms with Crippen molar-refractivity contribution in [2.45, 2.75) is 26.7 Å². The van der Waals surface area contributed by atoms with Gasteiger partial charge >= 0.3 is 0 Å². The highest BCUT2D eigenvalue weighted by Gasteiger charge is 2.09. The number of hydrogen-bond donors (Lipinski definition) is 1. The van der Waals surface area contributed by atoms with Crippen molar-refractivity contribution in [2.24, 2.45) is 0 Å². The van der Waals surface area contributed by atoms with E-state index in [-0.39, 0.29) is 0 Å². The van der Waals surface area contributed by atoms with Gasteiger partial charge in [0.2, 0.25) is 0 Å². The highest BCUT2D eigenvalue weighted by molar-refractivity contribution is 5.62. The lowest BCUT2D eigenvalue weighted by atomic mass is 9.91. The largest absolute Gasteiger partial charge is 0.508 e. The Bertz CT molecular complexity index is 375. The average molecular weight is 174 g/mol. The summed E-state index contributed by atoms with van der Waals surface area (Å²) in [6, 6.07) is 3.96. The number of fused-ring (bicyclic) bond motifs is 1. The molecular formula is C12H14O. The molecule has 1 aromatic rings. The zero-order valence-corrected chi connectivity index (χ0v) is 8.09. The molecule has 1 aromatic carbocycles. The molecule has 0 atom stereocenters. The van der Waals surface area contributed by atoms with Gasteiger partial charge in [-0.25, -0.2) is 0 Å². The van der Waals surface area contributed by atoms with Crippen LogP contribution >= 0.6 is 0 Å². The van der Waals surface area contributed by atoms with Crippen molar-refractivity contribution in [3.63, 3.8) is 0 Å². The summed E-state index contributed by atoms with van der Waals surface area (Å²) in [6.45, 7) is 4.10. The molecule has 0 heterocycles. The van der Waals surface area contributed by atoms with Crippen molar-refractivity contribution in [3.8, 4) is 5.75 Å². The molecule has 13 heavy (non-hydrogen) atoms. The van der Waals surface area contributed by atoms with Crippen LogP contribution in [0.15, 0.2) is 17.7 Å². The van der Waals surface area contributed by atoms with Crippen LogP contribution in [0, 0.1) is 6.92 Å². The summed E-state index contributed by atoms with van der Waals surface area (Å²) < 4.78 is 0. The maximum atomic E-state index is 9.52. The van der Waals surface area contributed by atoms with Crippen molar-refractivity contribution in [3.05, 3.63) is 34.4 Å². The number of allylic oxidation sites excluding steroid dienone is 1. The molecule has 1 aliphatic carbocycles. The Hall–Kier alpha value is -1.24. The van der Waals surface area contributed by atoms with E-state index in [0.29, 0.717) is 5.75 Å². The van der Waals surface area contributed by atoms with E-state index in [1.165, 1.54) is 16.7 Å². The Labute approximate surface area is 78.7 Å². The number of aryl methyl sites for hydroxylation is 2. The first-order valence-corrected chi connectivity index (χ1v) is 4.66. The molecule has 1 N–H and O–H groups in total. The van der Waals surface area contributed by atoms with Crippen LogP contribution in [0.2, 0.25) is 0 Å². The van der Waals surface area contributed by atoms with Gasteiger partial charge in [0.1, 0.15) is 5.75 Å². The van der Waals surface area contributed by atoms with E-state index in [1.807, 2.05) is 13.0 Å². The van der Waals surface area contributed by atoms with E-state index >= 15 is 0 Å². The van der Waals surface area contributed by atoms with Crippen LogP contribution in [-0.4, -0.2) is 5.11 Å². The first-order valence-electron chi connectivity index (χ1n) is 4.66. The Balaban J connectivity index is 2.57. The number of hydrogen-bond acceptors (Lipinski definition) is 1. The minimum absolute atomic E-state index is 0.423. The van der Waals surface area contributed by atoms with Gasteiger partial charge in [0.25, 0.3) is 0 Å². The lowest BCUT2D eigenvalue weighted by molar-refractivity contribution is 0.470. The SMILES string of the molecule is CC1=Cc2cc(C)c(O)cc2CC1. The zero-order chi connectivity index (χ0) is 9.42. The normalized spacial score (nSPS) is 15.1. The van der Waals surface area contributed by atoms with Gasteiger partial charge in [-0.2, -0.15) is 0 Å². The second-order valence-corrected chi connectivity index (χ2v) is 3.83. The fourth-order valence-electron chi connectivity index (χ4n) is 1.78. The molecule has 0 bridgehead atoms. The molecule has 2 rings (SSSR count). The lowest BCUT2D eigenvalue weighted by Crippen LogP contribution is -1.97. The molecule has 0 aliphatic heterocycles. The quantitative estimate of drug-likeness (QED) is 0.641. The average Bonchev–Trinajstić information content (AvgIpc) is 2.08. The highest BCUT2D eigenvalue weighted by atomic mass is 16.3. The van der Waals surface area contributed by atoms with Crippen LogP contribution in [0.4, 0.5) is 0 Å². The van der Waals surface area contributed by atoms with Gasteiger partial charge < -0.3 is 5.11 Å². The lowest BCUT2D eigenvalue weighted by Gasteiger charge is -2.15. The summed E-state index contributed by atoms with van der Waals surface area (Å²) in [6.07, 6.45) is 4.40. The molecule has 0 spiro atoms. The molecule has 68 valence electrons. The molecule has 0 unspecified atom stereocenters. The Morgan fingerprint density at radius 3 is 2.69 bits per heavy atom. The summed E-state index contributed by atoms with van der Waals surface area (Å²) in [5.41, 5.74) is 4.94. The third-order valence-electron chi connectivity index (χ3n) is 2.65. The second kappa shape index (κ2) is 2.91. The van der Waals surface area contributed by atoms with Crippen LogP contribution in [0.5, 0.6) is 5.75 Å². The van der Waals surface area contributed by atoms with Crippen LogP contribution in [0.3, 0.4) is 0 Å². The van der Waals surface area contributed by atoms with Crippen molar-refractivity contribution >= 4 is 6.08 Å². The minimum atomic E-state index is 0.423. The predicted octanol–water partition coefficient (Wildman–Crippen LogP) is 3.05. The number of phenols is 1. The van der Waals surface area contributed by atoms with E-state index in [1.54, 1.807) is 0 Å². The van der Waals surface area contributed by atoms with E-state index in [2.05, 4.69) is 19.1 Å². The van der Waals surface area contributed by atoms with E-state index in [4.69, 9.17) is 0 Å². The van der Waals surface area contributed by atoms with Crippen LogP contribution in [0.25, 0.3) is 6.08 Å². The highest BCUT2D eigenvalue weighted by Crippen LogP contribution is 2.29. The van der Waals surface area contributed by atoms with Crippen molar-refractivity contribution in [1.82, 2.24) is 0 Å². The van der Waals surface area contributed by atoms with Gasteiger partial charge in [0.15, 0.2) is 0 Å². The fraction of sp³-hybridized carbons (Fsp3) is 0.333. The molecule has 0 fully saturated rings. The minimum Gasteiger partial charge on any atom is -0.508 e. The van der Waals surface area contributed by atoms with Gasteiger partial charge in [-0.3, -0.25) is 0 Å². The van der Waals surface area contributed by atoms with Crippen LogP contribution < -0.4 is 0 Å². The summed E-state index contributed by atoms with van der Waals surface area (Å²) in [4.78, 5) is 0. The van der Waals surface area contributed by atoms with Crippen LogP contribution in [-0.2, 0) is 6.42 Å². The molecule has 1 heteroatoms. The molecular weight excluding hydrogens is 160 g/mol. The molecule has 0 saturated heterocycles. The van der Waals surface area contributed by atoms with Crippen molar-refractivity contribution in [2.75, 3.05) is 0 Å². The van der Waals surface area contributed by atoms with Gasteiger partial charge in [0.05, 0.1) is 0 Å². The third-order valence-corrected chi connectivity index (χ3v) is 2.65. The predicted molar refractivity (Wildman–Crippen MR) is 54.8 cm³/mol. The second-order valence-electron chi connectivity index (χ2n) is 3.83. The Kier molecular flexibility index (Phi) is 1.87. The monoisotopic (exact) mass is 174 g/mol. The molecule has 0 saturated carbocycles. The molecule has 1 aliphatic rings. The van der Waals surface area contributed by atoms with Gasteiger partial charge in [-0.1, -0.05) is 11.6 Å². The fourth-order valence-corrected chi connectivity index (χ4v) is 1.78. The number of aromatic hydroxyl groups is 1. The maximum Gasteiger partial charge on any atom is 0.118 e. The molecule has 0 radical (unpaired) electrons. The van der Waals surface area contributed by atoms with E-state index in [0.717, 1.165) is 18.4 Å². The number of phenolic OH excluding ortho intramolecular Hbond substituents is 1. The maximum absolute atomic E-state index is 9.52. The Morgan fingerprint density at radius 1 is 1.15 bits per heavy atom. The van der Waals surface area contributed by atoms with Gasteiger partial charge in [0, 0.05) is 0 Å². The Morgan fingerprint density at radius 2 is 1.92 bits per heavy atom. The zero-order valence-electron chi connectivity index (χ0n) is 8.09. The third kappa shape index (κ3) is 1.46. The van der Waals surface area contributed by atoms with Crippen molar-refractivity contribution < 1.29 is 5.11 Å². The topological polar surface area (TPSA) is 20.2 Å². The summed E-state index contributed by atoms with van der Waals surface area (Å²) in [5, 5.41) is 9.52. The summed E-state index contributed by atoms with van der Waals surface area (Å²) >= 11 is 0. The van der Waals surface area contributed by atoms with Gasteiger partial charge in [-0.15, -0.1) is 0 Å². The smallest absolute Gasteiger partial charge is 0.118 e. The van der Waals surface area contributed by atoms with E-state index in [9.17, 15) is 5.11 Å². The number of benzene rings is 1. The standard InChI is InChI=1S/C12H14O/c1-8-3-4-10-7-12(13)9(2)6-11(10)5-8/h5-7,13H,3-4H2,1-2H3. The summed E-state index contributed by atoms with van der Waals surface area (Å²) in [7, 11) is 0. The molecule has 0 amide bonds. The van der Waals surface area contributed by atoms with Crippen LogP contribution in [0.1, 0.15) is 30.0 Å². The van der Waals surface area contributed by atoms with E-state index < -0.39 is 0 Å². The van der Waals surface area contributed by atoms with Crippen molar-refractivity contribution in [1.29, 1.82) is 0 Å². The van der Waals surface area contributed by atoms with Gasteiger partial charge in [-0.05, 0) is 55.5 Å². The summed E-state index contributed by atoms with van der Waals surface area (Å²) in [5.74, 6) is 0.423.